The molecule has 4 heteroatoms. The van der Waals surface area contributed by atoms with Crippen LogP contribution in [0.3, 0.4) is 0 Å². The minimum atomic E-state index is -0.0189. The van der Waals surface area contributed by atoms with Crippen LogP contribution in [0, 0.1) is 12.3 Å². The summed E-state index contributed by atoms with van der Waals surface area (Å²) in [6.45, 7) is 2.74. The van der Waals surface area contributed by atoms with Crippen molar-refractivity contribution < 1.29 is 9.59 Å². The normalized spacial score (nSPS) is 10.0. The standard InChI is InChI=1S/C22H24N2O2/c1-3-8-21(25)23-20-13-11-18(12-14-20)16-22(26)24(15-4-2)17-19-9-6-5-7-10-19/h2,5-7,9-14H,3,8,15-17H2,1H3,(H,23,25). The zero-order valence-corrected chi connectivity index (χ0v) is 15.1. The fourth-order valence-corrected chi connectivity index (χ4v) is 2.59. The van der Waals surface area contributed by atoms with Gasteiger partial charge in [-0.3, -0.25) is 9.59 Å². The first-order chi connectivity index (χ1) is 12.6. The van der Waals surface area contributed by atoms with Gasteiger partial charge in [-0.05, 0) is 29.7 Å². The van der Waals surface area contributed by atoms with Crippen LogP contribution in [0.4, 0.5) is 5.69 Å². The van der Waals surface area contributed by atoms with E-state index in [4.69, 9.17) is 6.42 Å². The molecule has 0 bridgehead atoms. The highest BCUT2D eigenvalue weighted by Crippen LogP contribution is 2.13. The maximum atomic E-state index is 12.6. The third kappa shape index (κ3) is 6.10. The van der Waals surface area contributed by atoms with Crippen LogP contribution < -0.4 is 5.32 Å². The molecule has 2 aromatic carbocycles. The molecule has 2 aromatic rings. The predicted octanol–water partition coefficient (Wildman–Crippen LogP) is 3.63. The lowest BCUT2D eigenvalue weighted by molar-refractivity contribution is -0.130. The maximum Gasteiger partial charge on any atom is 0.228 e. The summed E-state index contributed by atoms with van der Waals surface area (Å²) < 4.78 is 0. The summed E-state index contributed by atoms with van der Waals surface area (Å²) in [5.41, 5.74) is 2.67. The largest absolute Gasteiger partial charge is 0.327 e. The molecule has 4 nitrogen and oxygen atoms in total. The molecular weight excluding hydrogens is 324 g/mol. The van der Waals surface area contributed by atoms with Crippen molar-refractivity contribution in [3.63, 3.8) is 0 Å². The van der Waals surface area contributed by atoms with E-state index in [0.29, 0.717) is 13.0 Å². The number of terminal acetylenes is 1. The average molecular weight is 348 g/mol. The number of nitrogens with one attached hydrogen (secondary N) is 1. The molecule has 0 unspecified atom stereocenters. The Morgan fingerprint density at radius 1 is 1.04 bits per heavy atom. The molecule has 0 atom stereocenters. The monoisotopic (exact) mass is 348 g/mol. The summed E-state index contributed by atoms with van der Waals surface area (Å²) in [5.74, 6) is 2.54. The first-order valence-corrected chi connectivity index (χ1v) is 8.76. The second-order valence-corrected chi connectivity index (χ2v) is 6.11. The highest BCUT2D eigenvalue weighted by molar-refractivity contribution is 5.90. The van der Waals surface area contributed by atoms with Gasteiger partial charge in [0.25, 0.3) is 0 Å². The molecule has 0 aliphatic rings. The van der Waals surface area contributed by atoms with Crippen LogP contribution in [0.2, 0.25) is 0 Å². The van der Waals surface area contributed by atoms with E-state index in [1.54, 1.807) is 4.90 Å². The Morgan fingerprint density at radius 3 is 2.35 bits per heavy atom. The van der Waals surface area contributed by atoms with Gasteiger partial charge in [0, 0.05) is 18.7 Å². The van der Waals surface area contributed by atoms with Crippen LogP contribution in [0.5, 0.6) is 0 Å². The van der Waals surface area contributed by atoms with Crippen molar-refractivity contribution in [1.29, 1.82) is 0 Å². The maximum absolute atomic E-state index is 12.6. The van der Waals surface area contributed by atoms with E-state index >= 15 is 0 Å². The zero-order chi connectivity index (χ0) is 18.8. The number of anilines is 1. The summed E-state index contributed by atoms with van der Waals surface area (Å²) in [6.07, 6.45) is 7.01. The highest BCUT2D eigenvalue weighted by atomic mass is 16.2. The van der Waals surface area contributed by atoms with Gasteiger partial charge in [0.2, 0.25) is 11.8 Å². The minimum absolute atomic E-state index is 0.000571. The zero-order valence-electron chi connectivity index (χ0n) is 15.1. The molecule has 0 heterocycles. The number of carbonyl (C=O) groups excluding carboxylic acids is 2. The van der Waals surface area contributed by atoms with Gasteiger partial charge >= 0.3 is 0 Å². The van der Waals surface area contributed by atoms with E-state index in [2.05, 4.69) is 11.2 Å². The van der Waals surface area contributed by atoms with Gasteiger partial charge in [-0.1, -0.05) is 55.3 Å². The summed E-state index contributed by atoms with van der Waals surface area (Å²) >= 11 is 0. The second-order valence-electron chi connectivity index (χ2n) is 6.11. The van der Waals surface area contributed by atoms with Crippen molar-refractivity contribution in [2.75, 3.05) is 11.9 Å². The second kappa shape index (κ2) is 10.0. The van der Waals surface area contributed by atoms with E-state index < -0.39 is 0 Å². The van der Waals surface area contributed by atoms with E-state index in [1.165, 1.54) is 0 Å². The van der Waals surface area contributed by atoms with Crippen molar-refractivity contribution in [2.45, 2.75) is 32.7 Å². The Morgan fingerprint density at radius 2 is 1.73 bits per heavy atom. The van der Waals surface area contributed by atoms with Crippen molar-refractivity contribution in [2.24, 2.45) is 0 Å². The minimum Gasteiger partial charge on any atom is -0.327 e. The molecule has 0 spiro atoms. The molecule has 26 heavy (non-hydrogen) atoms. The van der Waals surface area contributed by atoms with Gasteiger partial charge in [-0.25, -0.2) is 0 Å². The van der Waals surface area contributed by atoms with E-state index in [0.717, 1.165) is 23.2 Å². The Balaban J connectivity index is 1.97. The van der Waals surface area contributed by atoms with Crippen LogP contribution in [0.15, 0.2) is 54.6 Å². The van der Waals surface area contributed by atoms with Gasteiger partial charge in [-0.2, -0.15) is 0 Å². The summed E-state index contributed by atoms with van der Waals surface area (Å²) in [6, 6.07) is 17.1. The third-order valence-electron chi connectivity index (χ3n) is 3.92. The van der Waals surface area contributed by atoms with Gasteiger partial charge in [0.15, 0.2) is 0 Å². The lowest BCUT2D eigenvalue weighted by atomic mass is 10.1. The molecule has 0 saturated heterocycles. The smallest absolute Gasteiger partial charge is 0.228 e. The Hall–Kier alpha value is -3.06. The molecular formula is C22H24N2O2. The number of carbonyl (C=O) groups is 2. The van der Waals surface area contributed by atoms with Gasteiger partial charge < -0.3 is 10.2 Å². The Bertz CT molecular complexity index is 761. The van der Waals surface area contributed by atoms with Crippen LogP contribution >= 0.6 is 0 Å². The molecule has 0 aromatic heterocycles. The highest BCUT2D eigenvalue weighted by Gasteiger charge is 2.14. The fourth-order valence-electron chi connectivity index (χ4n) is 2.59. The van der Waals surface area contributed by atoms with Crippen molar-refractivity contribution in [3.05, 3.63) is 65.7 Å². The molecule has 0 fully saturated rings. The van der Waals surface area contributed by atoms with Crippen molar-refractivity contribution in [1.82, 2.24) is 4.90 Å². The van der Waals surface area contributed by atoms with Crippen LogP contribution in [-0.4, -0.2) is 23.3 Å². The van der Waals surface area contributed by atoms with Crippen molar-refractivity contribution >= 4 is 17.5 Å². The number of rotatable bonds is 8. The van der Waals surface area contributed by atoms with E-state index in [1.807, 2.05) is 61.5 Å². The topological polar surface area (TPSA) is 49.4 Å². The van der Waals surface area contributed by atoms with Gasteiger partial charge in [0.1, 0.15) is 0 Å². The molecule has 134 valence electrons. The summed E-state index contributed by atoms with van der Waals surface area (Å²) in [7, 11) is 0. The lowest BCUT2D eigenvalue weighted by Crippen LogP contribution is -2.32. The lowest BCUT2D eigenvalue weighted by Gasteiger charge is -2.20. The molecule has 0 aliphatic carbocycles. The SMILES string of the molecule is C#CCN(Cc1ccccc1)C(=O)Cc1ccc(NC(=O)CCC)cc1. The summed E-state index contributed by atoms with van der Waals surface area (Å²) in [4.78, 5) is 25.9. The molecule has 0 saturated carbocycles. The molecule has 2 rings (SSSR count). The first-order valence-electron chi connectivity index (χ1n) is 8.76. The van der Waals surface area contributed by atoms with E-state index in [-0.39, 0.29) is 24.8 Å². The van der Waals surface area contributed by atoms with E-state index in [9.17, 15) is 9.59 Å². The number of hydrogen-bond acceptors (Lipinski definition) is 2. The van der Waals surface area contributed by atoms with Crippen LogP contribution in [0.25, 0.3) is 0 Å². The Kier molecular flexibility index (Phi) is 7.45. The summed E-state index contributed by atoms with van der Waals surface area (Å²) in [5, 5.41) is 2.84. The number of nitrogens with zero attached hydrogens (tertiary/aromatic N) is 1. The predicted molar refractivity (Wildman–Crippen MR) is 104 cm³/mol. The van der Waals surface area contributed by atoms with Gasteiger partial charge in [0.05, 0.1) is 13.0 Å². The van der Waals surface area contributed by atoms with Crippen LogP contribution in [-0.2, 0) is 22.6 Å². The number of hydrogen-bond donors (Lipinski definition) is 1. The molecule has 0 aliphatic heterocycles. The number of amides is 2. The molecule has 1 N–H and O–H groups in total. The number of benzene rings is 2. The Labute approximate surface area is 155 Å². The van der Waals surface area contributed by atoms with Crippen molar-refractivity contribution in [3.8, 4) is 12.3 Å². The fraction of sp³-hybridized carbons (Fsp3) is 0.273. The van der Waals surface area contributed by atoms with Crippen LogP contribution in [0.1, 0.15) is 30.9 Å². The molecule has 2 amide bonds. The average Bonchev–Trinajstić information content (AvgIpc) is 2.64. The molecule has 0 radical (unpaired) electrons. The first kappa shape index (κ1) is 19.3. The third-order valence-corrected chi connectivity index (χ3v) is 3.92. The quantitative estimate of drug-likeness (QED) is 0.741. The van der Waals surface area contributed by atoms with Gasteiger partial charge in [-0.15, -0.1) is 6.42 Å².